The van der Waals surface area contributed by atoms with Gasteiger partial charge in [0, 0.05) is 11.1 Å². The van der Waals surface area contributed by atoms with Crippen LogP contribution in [0.25, 0.3) is 0 Å². The van der Waals surface area contributed by atoms with Crippen molar-refractivity contribution in [1.29, 1.82) is 0 Å². The third-order valence-corrected chi connectivity index (χ3v) is 3.59. The zero-order chi connectivity index (χ0) is 15.4. The van der Waals surface area contributed by atoms with Gasteiger partial charge >= 0.3 is 12.0 Å². The van der Waals surface area contributed by atoms with Gasteiger partial charge in [-0.2, -0.15) is 0 Å². The molecule has 6 nitrogen and oxygen atoms in total. The fraction of sp³-hybridized carbons (Fsp3) is 0.214. The predicted octanol–water partition coefficient (Wildman–Crippen LogP) is 2.88. The standard InChI is InChI=1S/C14H15N3O3S/c1-9-3-5-11(6-4-9)17(7-12(18)19)14(20)16-13-15-10(2)8-21-13/h3-6,8H,7H2,1-2H3,(H,18,19)(H,15,16,20). The number of nitrogens with zero attached hydrogens (tertiary/aromatic N) is 2. The number of carboxylic acids is 1. The van der Waals surface area contributed by atoms with Gasteiger partial charge in [0.15, 0.2) is 5.13 Å². The lowest BCUT2D eigenvalue weighted by molar-refractivity contribution is -0.135. The van der Waals surface area contributed by atoms with Crippen LogP contribution in [0.1, 0.15) is 11.3 Å². The lowest BCUT2D eigenvalue weighted by Crippen LogP contribution is -2.38. The molecule has 1 heterocycles. The number of carbonyl (C=O) groups excluding carboxylic acids is 1. The zero-order valence-corrected chi connectivity index (χ0v) is 12.5. The van der Waals surface area contributed by atoms with E-state index >= 15 is 0 Å². The molecular weight excluding hydrogens is 290 g/mol. The molecule has 0 aliphatic carbocycles. The van der Waals surface area contributed by atoms with Crippen molar-refractivity contribution < 1.29 is 14.7 Å². The molecule has 0 radical (unpaired) electrons. The first-order chi connectivity index (χ1) is 9.95. The molecule has 1 aromatic heterocycles. The third-order valence-electron chi connectivity index (χ3n) is 2.72. The smallest absolute Gasteiger partial charge is 0.328 e. The van der Waals surface area contributed by atoms with Gasteiger partial charge < -0.3 is 5.11 Å². The zero-order valence-electron chi connectivity index (χ0n) is 11.7. The normalized spacial score (nSPS) is 10.2. The summed E-state index contributed by atoms with van der Waals surface area (Å²) in [6.07, 6.45) is 0. The first-order valence-corrected chi connectivity index (χ1v) is 7.13. The van der Waals surface area contributed by atoms with E-state index in [1.54, 1.807) is 12.1 Å². The molecule has 0 aliphatic heterocycles. The molecule has 0 saturated heterocycles. The minimum absolute atomic E-state index is 0.417. The Morgan fingerprint density at radius 1 is 1.29 bits per heavy atom. The van der Waals surface area contributed by atoms with Crippen LogP contribution >= 0.6 is 11.3 Å². The molecule has 0 aliphatic rings. The number of amides is 2. The molecule has 110 valence electrons. The number of anilines is 2. The summed E-state index contributed by atoms with van der Waals surface area (Å²) in [4.78, 5) is 28.5. The highest BCUT2D eigenvalue weighted by Gasteiger charge is 2.19. The summed E-state index contributed by atoms with van der Waals surface area (Å²) in [7, 11) is 0. The van der Waals surface area contributed by atoms with Crippen LogP contribution in [0, 0.1) is 13.8 Å². The fourth-order valence-electron chi connectivity index (χ4n) is 1.71. The maximum atomic E-state index is 12.3. The van der Waals surface area contributed by atoms with Crippen LogP contribution in [0.3, 0.4) is 0 Å². The van der Waals surface area contributed by atoms with Crippen LogP contribution < -0.4 is 10.2 Å². The Kier molecular flexibility index (Phi) is 4.54. The van der Waals surface area contributed by atoms with Crippen LogP contribution in [-0.2, 0) is 4.79 Å². The molecule has 0 unspecified atom stereocenters. The van der Waals surface area contributed by atoms with Gasteiger partial charge in [0.05, 0.1) is 5.69 Å². The van der Waals surface area contributed by atoms with E-state index in [1.807, 2.05) is 31.4 Å². The summed E-state index contributed by atoms with van der Waals surface area (Å²) in [6.45, 7) is 3.32. The molecule has 7 heteroatoms. The number of nitrogens with one attached hydrogen (secondary N) is 1. The van der Waals surface area contributed by atoms with Crippen molar-refractivity contribution in [2.75, 3.05) is 16.8 Å². The number of urea groups is 1. The van der Waals surface area contributed by atoms with E-state index in [4.69, 9.17) is 5.11 Å². The van der Waals surface area contributed by atoms with Gasteiger partial charge in [-0.3, -0.25) is 15.0 Å². The first-order valence-electron chi connectivity index (χ1n) is 6.25. The summed E-state index contributed by atoms with van der Waals surface area (Å²) in [5, 5.41) is 13.8. The molecule has 1 aromatic carbocycles. The molecular formula is C14H15N3O3S. The number of hydrogen-bond acceptors (Lipinski definition) is 4. The van der Waals surface area contributed by atoms with Crippen LogP contribution in [0.4, 0.5) is 15.6 Å². The number of benzene rings is 1. The summed E-state index contributed by atoms with van der Waals surface area (Å²) < 4.78 is 0. The lowest BCUT2D eigenvalue weighted by atomic mass is 10.2. The van der Waals surface area contributed by atoms with E-state index in [2.05, 4.69) is 10.3 Å². The van der Waals surface area contributed by atoms with Gasteiger partial charge in [-0.1, -0.05) is 17.7 Å². The average Bonchev–Trinajstić information content (AvgIpc) is 2.82. The Labute approximate surface area is 126 Å². The molecule has 2 amide bonds. The SMILES string of the molecule is Cc1ccc(N(CC(=O)O)C(=O)Nc2nc(C)cs2)cc1. The maximum Gasteiger partial charge on any atom is 0.328 e. The van der Waals surface area contributed by atoms with Gasteiger partial charge in [0.1, 0.15) is 6.54 Å². The number of carbonyl (C=O) groups is 2. The Morgan fingerprint density at radius 3 is 2.48 bits per heavy atom. The van der Waals surface area contributed by atoms with E-state index in [-0.39, 0.29) is 0 Å². The maximum absolute atomic E-state index is 12.3. The van der Waals surface area contributed by atoms with E-state index in [0.717, 1.165) is 11.3 Å². The second-order valence-electron chi connectivity index (χ2n) is 4.54. The summed E-state index contributed by atoms with van der Waals surface area (Å²) in [5.41, 5.74) is 2.36. The third kappa shape index (κ3) is 4.03. The summed E-state index contributed by atoms with van der Waals surface area (Å²) in [5.74, 6) is -1.08. The quantitative estimate of drug-likeness (QED) is 0.910. The Balaban J connectivity index is 2.20. The average molecular weight is 305 g/mol. The molecule has 2 rings (SSSR count). The lowest BCUT2D eigenvalue weighted by Gasteiger charge is -2.20. The van der Waals surface area contributed by atoms with Crippen LogP contribution in [-0.4, -0.2) is 28.6 Å². The van der Waals surface area contributed by atoms with Crippen molar-refractivity contribution in [3.8, 4) is 0 Å². The Morgan fingerprint density at radius 2 is 1.95 bits per heavy atom. The molecule has 0 saturated carbocycles. The molecule has 0 atom stereocenters. The number of carboxylic acid groups (broad SMARTS) is 1. The van der Waals surface area contributed by atoms with Crippen molar-refractivity contribution in [3.05, 3.63) is 40.9 Å². The van der Waals surface area contributed by atoms with Crippen molar-refractivity contribution in [2.24, 2.45) is 0 Å². The highest BCUT2D eigenvalue weighted by Crippen LogP contribution is 2.19. The number of aromatic nitrogens is 1. The molecule has 0 spiro atoms. The van der Waals surface area contributed by atoms with Crippen molar-refractivity contribution in [3.63, 3.8) is 0 Å². The fourth-order valence-corrected chi connectivity index (χ4v) is 2.39. The highest BCUT2D eigenvalue weighted by molar-refractivity contribution is 7.13. The number of aryl methyl sites for hydroxylation is 2. The molecule has 0 bridgehead atoms. The minimum Gasteiger partial charge on any atom is -0.480 e. The van der Waals surface area contributed by atoms with E-state index in [9.17, 15) is 9.59 Å². The van der Waals surface area contributed by atoms with Crippen molar-refractivity contribution >= 4 is 34.2 Å². The van der Waals surface area contributed by atoms with Gasteiger partial charge in [0.25, 0.3) is 0 Å². The van der Waals surface area contributed by atoms with E-state index in [1.165, 1.54) is 16.2 Å². The number of hydrogen-bond donors (Lipinski definition) is 2. The van der Waals surface area contributed by atoms with Crippen molar-refractivity contribution in [2.45, 2.75) is 13.8 Å². The van der Waals surface area contributed by atoms with E-state index in [0.29, 0.717) is 10.8 Å². The number of thiazole rings is 1. The van der Waals surface area contributed by atoms with Crippen LogP contribution in [0.5, 0.6) is 0 Å². The van der Waals surface area contributed by atoms with Gasteiger partial charge in [0.2, 0.25) is 0 Å². The van der Waals surface area contributed by atoms with Crippen molar-refractivity contribution in [1.82, 2.24) is 4.98 Å². The summed E-state index contributed by atoms with van der Waals surface area (Å²) >= 11 is 1.29. The number of aliphatic carboxylic acids is 1. The topological polar surface area (TPSA) is 82.5 Å². The van der Waals surface area contributed by atoms with Gasteiger partial charge in [-0.15, -0.1) is 11.3 Å². The Bertz CT molecular complexity index is 652. The van der Waals surface area contributed by atoms with Gasteiger partial charge in [-0.05, 0) is 26.0 Å². The molecule has 0 fully saturated rings. The van der Waals surface area contributed by atoms with Crippen LogP contribution in [0.15, 0.2) is 29.6 Å². The Hall–Kier alpha value is -2.41. The number of rotatable bonds is 4. The van der Waals surface area contributed by atoms with Crippen LogP contribution in [0.2, 0.25) is 0 Å². The second-order valence-corrected chi connectivity index (χ2v) is 5.40. The highest BCUT2D eigenvalue weighted by atomic mass is 32.1. The molecule has 2 aromatic rings. The second kappa shape index (κ2) is 6.36. The monoisotopic (exact) mass is 305 g/mol. The largest absolute Gasteiger partial charge is 0.480 e. The molecule has 21 heavy (non-hydrogen) atoms. The predicted molar refractivity (Wildman–Crippen MR) is 82.0 cm³/mol. The first kappa shape index (κ1) is 15.0. The van der Waals surface area contributed by atoms with Gasteiger partial charge in [-0.25, -0.2) is 9.78 Å². The minimum atomic E-state index is -1.08. The summed E-state index contributed by atoms with van der Waals surface area (Å²) in [6, 6.07) is 6.56. The van der Waals surface area contributed by atoms with E-state index < -0.39 is 18.5 Å². The molecule has 2 N–H and O–H groups in total.